The van der Waals surface area contributed by atoms with Crippen molar-refractivity contribution in [2.75, 3.05) is 12.3 Å². The Kier molecular flexibility index (Phi) is 7.31. The summed E-state index contributed by atoms with van der Waals surface area (Å²) >= 11 is 0. The van der Waals surface area contributed by atoms with Crippen LogP contribution in [0.25, 0.3) is 23.1 Å². The monoisotopic (exact) mass is 471 g/mol. The second-order valence-corrected chi connectivity index (χ2v) is 15.4. The van der Waals surface area contributed by atoms with Crippen molar-refractivity contribution in [2.24, 2.45) is 0 Å². The SMILES string of the molecule is C[Si](C)(C)CCOCn1nc(C=Cc2ccccc2)c2ccc(C(O)c3cccc(N)c3)cc21. The van der Waals surface area contributed by atoms with Crippen LogP contribution < -0.4 is 5.73 Å². The summed E-state index contributed by atoms with van der Waals surface area (Å²) in [6.07, 6.45) is 3.32. The summed E-state index contributed by atoms with van der Waals surface area (Å²) in [6, 6.07) is 24.6. The number of aromatic nitrogens is 2. The Bertz CT molecular complexity index is 1280. The molecule has 0 saturated carbocycles. The van der Waals surface area contributed by atoms with E-state index in [4.69, 9.17) is 15.6 Å². The van der Waals surface area contributed by atoms with E-state index >= 15 is 0 Å². The average Bonchev–Trinajstić information content (AvgIpc) is 3.17. The number of ether oxygens (including phenoxy) is 1. The van der Waals surface area contributed by atoms with E-state index in [2.05, 4.69) is 37.8 Å². The van der Waals surface area contributed by atoms with Gasteiger partial charge < -0.3 is 15.6 Å². The van der Waals surface area contributed by atoms with Gasteiger partial charge in [0.1, 0.15) is 12.8 Å². The van der Waals surface area contributed by atoms with Crippen LogP contribution in [0.5, 0.6) is 0 Å². The number of nitrogens with zero attached hydrogens (tertiary/aromatic N) is 2. The van der Waals surface area contributed by atoms with E-state index in [1.165, 1.54) is 0 Å². The number of benzene rings is 3. The van der Waals surface area contributed by atoms with Gasteiger partial charge in [0.05, 0.1) is 11.2 Å². The van der Waals surface area contributed by atoms with Crippen molar-refractivity contribution in [3.63, 3.8) is 0 Å². The molecule has 0 aliphatic carbocycles. The van der Waals surface area contributed by atoms with Crippen molar-refractivity contribution in [1.82, 2.24) is 9.78 Å². The Morgan fingerprint density at radius 2 is 1.74 bits per heavy atom. The second-order valence-electron chi connectivity index (χ2n) is 9.83. The number of nitrogen functional groups attached to an aromatic ring is 1. The molecule has 3 aromatic carbocycles. The molecule has 4 aromatic rings. The normalized spacial score (nSPS) is 13.1. The summed E-state index contributed by atoms with van der Waals surface area (Å²) in [6.45, 7) is 8.12. The molecule has 0 radical (unpaired) electrons. The molecular weight excluding hydrogens is 438 g/mol. The van der Waals surface area contributed by atoms with Crippen LogP contribution in [-0.2, 0) is 11.5 Å². The zero-order valence-corrected chi connectivity index (χ0v) is 21.1. The first-order chi connectivity index (χ1) is 16.3. The third-order valence-corrected chi connectivity index (χ3v) is 7.49. The van der Waals surface area contributed by atoms with Crippen LogP contribution in [-0.4, -0.2) is 29.6 Å². The van der Waals surface area contributed by atoms with Gasteiger partial charge in [-0.05, 0) is 47.0 Å². The minimum Gasteiger partial charge on any atom is -0.399 e. The lowest BCUT2D eigenvalue weighted by molar-refractivity contribution is 0.0816. The quantitative estimate of drug-likeness (QED) is 0.174. The van der Waals surface area contributed by atoms with Crippen molar-refractivity contribution in [3.05, 3.63) is 95.2 Å². The van der Waals surface area contributed by atoms with E-state index in [1.54, 1.807) is 6.07 Å². The molecule has 0 fully saturated rings. The van der Waals surface area contributed by atoms with Gasteiger partial charge in [-0.15, -0.1) is 0 Å². The Morgan fingerprint density at radius 3 is 2.47 bits per heavy atom. The van der Waals surface area contributed by atoms with Crippen LogP contribution in [0, 0.1) is 0 Å². The molecule has 34 heavy (non-hydrogen) atoms. The molecule has 1 aromatic heterocycles. The molecule has 3 N–H and O–H groups in total. The van der Waals surface area contributed by atoms with Gasteiger partial charge in [0.15, 0.2) is 0 Å². The zero-order chi connectivity index (χ0) is 24.1. The maximum absolute atomic E-state index is 11.0. The fraction of sp³-hybridized carbons (Fsp3) is 0.250. The molecule has 0 saturated heterocycles. The van der Waals surface area contributed by atoms with Crippen LogP contribution >= 0.6 is 0 Å². The number of hydrogen-bond donors (Lipinski definition) is 2. The van der Waals surface area contributed by atoms with Crippen molar-refractivity contribution >= 4 is 36.8 Å². The molecule has 0 aliphatic heterocycles. The smallest absolute Gasteiger partial charge is 0.140 e. The molecule has 4 rings (SSSR count). The maximum Gasteiger partial charge on any atom is 0.140 e. The van der Waals surface area contributed by atoms with Crippen LogP contribution in [0.2, 0.25) is 25.7 Å². The highest BCUT2D eigenvalue weighted by Gasteiger charge is 2.16. The molecule has 0 amide bonds. The highest BCUT2D eigenvalue weighted by Crippen LogP contribution is 2.29. The molecule has 1 unspecified atom stereocenters. The summed E-state index contributed by atoms with van der Waals surface area (Å²) in [5.41, 5.74) is 11.0. The van der Waals surface area contributed by atoms with Crippen LogP contribution in [0.1, 0.15) is 28.5 Å². The number of hydrogen-bond acceptors (Lipinski definition) is 4. The molecular formula is C28H33N3O2Si. The van der Waals surface area contributed by atoms with Gasteiger partial charge in [-0.3, -0.25) is 0 Å². The molecule has 0 spiro atoms. The predicted molar refractivity (Wildman–Crippen MR) is 144 cm³/mol. The number of fused-ring (bicyclic) bond motifs is 1. The number of nitrogens with two attached hydrogens (primary N) is 1. The fourth-order valence-electron chi connectivity index (χ4n) is 3.80. The largest absolute Gasteiger partial charge is 0.399 e. The van der Waals surface area contributed by atoms with Gasteiger partial charge in [-0.25, -0.2) is 4.68 Å². The number of aliphatic hydroxyl groups excluding tert-OH is 1. The predicted octanol–water partition coefficient (Wildman–Crippen LogP) is 6.18. The lowest BCUT2D eigenvalue weighted by atomic mass is 9.99. The summed E-state index contributed by atoms with van der Waals surface area (Å²) < 4.78 is 7.90. The first-order valence-electron chi connectivity index (χ1n) is 11.6. The molecule has 6 heteroatoms. The Hall–Kier alpha value is -3.19. The molecule has 5 nitrogen and oxygen atoms in total. The Balaban J connectivity index is 1.66. The highest BCUT2D eigenvalue weighted by molar-refractivity contribution is 6.76. The van der Waals surface area contributed by atoms with E-state index in [0.29, 0.717) is 12.4 Å². The summed E-state index contributed by atoms with van der Waals surface area (Å²) in [5, 5.41) is 16.9. The third kappa shape index (κ3) is 6.02. The first-order valence-corrected chi connectivity index (χ1v) is 15.4. The van der Waals surface area contributed by atoms with E-state index < -0.39 is 14.2 Å². The van der Waals surface area contributed by atoms with Gasteiger partial charge in [0.2, 0.25) is 0 Å². The Labute approximate surface area is 202 Å². The lowest BCUT2D eigenvalue weighted by Gasteiger charge is -2.15. The summed E-state index contributed by atoms with van der Waals surface area (Å²) in [5.74, 6) is 0. The summed E-state index contributed by atoms with van der Waals surface area (Å²) in [7, 11) is -1.17. The van der Waals surface area contributed by atoms with Gasteiger partial charge in [0.25, 0.3) is 0 Å². The highest BCUT2D eigenvalue weighted by atomic mass is 28.3. The average molecular weight is 472 g/mol. The molecule has 1 heterocycles. The first kappa shape index (κ1) is 23.9. The van der Waals surface area contributed by atoms with E-state index in [-0.39, 0.29) is 0 Å². The van der Waals surface area contributed by atoms with Crippen molar-refractivity contribution in [1.29, 1.82) is 0 Å². The van der Waals surface area contributed by atoms with E-state index in [9.17, 15) is 5.11 Å². The Morgan fingerprint density at radius 1 is 0.971 bits per heavy atom. The fourth-order valence-corrected chi connectivity index (χ4v) is 4.56. The van der Waals surface area contributed by atoms with Gasteiger partial charge in [-0.2, -0.15) is 5.10 Å². The third-order valence-electron chi connectivity index (χ3n) is 5.79. The van der Waals surface area contributed by atoms with Gasteiger partial charge in [-0.1, -0.05) is 80.3 Å². The molecule has 0 aliphatic rings. The standard InChI is InChI=1S/C28H33N3O2Si/c1-34(2,3)17-16-33-20-31-27-19-23(28(32)22-10-7-11-24(29)18-22)13-14-25(27)26(30-31)15-12-21-8-5-4-6-9-21/h4-15,18-19,28,32H,16-17,20,29H2,1-3H3. The minimum absolute atomic E-state index is 0.373. The summed E-state index contributed by atoms with van der Waals surface area (Å²) in [4.78, 5) is 0. The van der Waals surface area contributed by atoms with Crippen LogP contribution in [0.3, 0.4) is 0 Å². The number of aliphatic hydroxyl groups is 1. The van der Waals surface area contributed by atoms with Gasteiger partial charge in [0, 0.05) is 25.8 Å². The van der Waals surface area contributed by atoms with Crippen molar-refractivity contribution in [3.8, 4) is 0 Å². The zero-order valence-electron chi connectivity index (χ0n) is 20.1. The molecule has 1 atom stereocenters. The second kappa shape index (κ2) is 10.4. The van der Waals surface area contributed by atoms with Crippen LogP contribution in [0.15, 0.2) is 72.8 Å². The topological polar surface area (TPSA) is 73.3 Å². The van der Waals surface area contributed by atoms with Gasteiger partial charge >= 0.3 is 0 Å². The number of rotatable bonds is 9. The maximum atomic E-state index is 11.0. The van der Waals surface area contributed by atoms with Crippen molar-refractivity contribution in [2.45, 2.75) is 38.5 Å². The molecule has 0 bridgehead atoms. The minimum atomic E-state index is -1.17. The lowest BCUT2D eigenvalue weighted by Crippen LogP contribution is -2.22. The number of anilines is 1. The van der Waals surface area contributed by atoms with Crippen molar-refractivity contribution < 1.29 is 9.84 Å². The van der Waals surface area contributed by atoms with Crippen LogP contribution in [0.4, 0.5) is 5.69 Å². The van der Waals surface area contributed by atoms with E-state index in [1.807, 2.05) is 65.4 Å². The van der Waals surface area contributed by atoms with E-state index in [0.717, 1.165) is 45.9 Å². The molecule has 176 valence electrons.